The van der Waals surface area contributed by atoms with E-state index in [1.54, 1.807) is 0 Å². The Bertz CT molecular complexity index is 1040. The molecule has 0 bridgehead atoms. The first kappa shape index (κ1) is 15.4. The fourth-order valence-electron chi connectivity index (χ4n) is 2.95. The van der Waals surface area contributed by atoms with Crippen LogP contribution in [0.1, 0.15) is 26.3 Å². The minimum atomic E-state index is 0.154. The molecular formula is C21H18BrNO. The van der Waals surface area contributed by atoms with Crippen molar-refractivity contribution < 1.29 is 4.42 Å². The maximum Gasteiger partial charge on any atom is 0.227 e. The lowest BCUT2D eigenvalue weighted by molar-refractivity contribution is 0.590. The van der Waals surface area contributed by atoms with Gasteiger partial charge in [-0.2, -0.15) is 0 Å². The predicted octanol–water partition coefficient (Wildman–Crippen LogP) is 6.71. The maximum atomic E-state index is 5.97. The van der Waals surface area contributed by atoms with Crippen molar-refractivity contribution in [3.63, 3.8) is 0 Å². The molecular weight excluding hydrogens is 362 g/mol. The van der Waals surface area contributed by atoms with Crippen molar-refractivity contribution in [3.8, 4) is 11.3 Å². The highest BCUT2D eigenvalue weighted by molar-refractivity contribution is 9.10. The molecule has 0 amide bonds. The number of rotatable bonds is 1. The topological polar surface area (TPSA) is 26.0 Å². The first-order valence-corrected chi connectivity index (χ1v) is 8.81. The van der Waals surface area contributed by atoms with Crippen LogP contribution in [-0.2, 0) is 5.41 Å². The molecule has 2 aromatic carbocycles. The van der Waals surface area contributed by atoms with Gasteiger partial charge in [0.25, 0.3) is 0 Å². The Morgan fingerprint density at radius 3 is 2.33 bits per heavy atom. The summed E-state index contributed by atoms with van der Waals surface area (Å²) in [4.78, 5) is 4.73. The summed E-state index contributed by atoms with van der Waals surface area (Å²) < 4.78 is 6.92. The van der Waals surface area contributed by atoms with E-state index in [0.717, 1.165) is 32.1 Å². The van der Waals surface area contributed by atoms with Crippen LogP contribution in [0.5, 0.6) is 0 Å². The van der Waals surface area contributed by atoms with Gasteiger partial charge in [0.1, 0.15) is 0 Å². The van der Waals surface area contributed by atoms with Gasteiger partial charge in [0.05, 0.1) is 10.2 Å². The van der Waals surface area contributed by atoms with Gasteiger partial charge in [0.2, 0.25) is 5.71 Å². The molecule has 0 atom stereocenters. The van der Waals surface area contributed by atoms with Crippen LogP contribution in [-0.4, -0.2) is 4.98 Å². The van der Waals surface area contributed by atoms with Crippen molar-refractivity contribution in [2.24, 2.45) is 0 Å². The lowest BCUT2D eigenvalue weighted by atomic mass is 9.86. The Labute approximate surface area is 149 Å². The number of benzene rings is 2. The van der Waals surface area contributed by atoms with Crippen molar-refractivity contribution in [1.82, 2.24) is 4.98 Å². The number of furan rings is 1. The molecule has 0 aliphatic rings. The predicted molar refractivity (Wildman–Crippen MR) is 103 cm³/mol. The molecule has 0 saturated carbocycles. The van der Waals surface area contributed by atoms with E-state index < -0.39 is 0 Å². The maximum absolute atomic E-state index is 5.97. The zero-order chi connectivity index (χ0) is 16.9. The highest BCUT2D eigenvalue weighted by atomic mass is 79.9. The molecule has 4 rings (SSSR count). The van der Waals surface area contributed by atoms with Crippen molar-refractivity contribution in [2.45, 2.75) is 26.2 Å². The Balaban J connectivity index is 1.83. The van der Waals surface area contributed by atoms with E-state index in [-0.39, 0.29) is 5.41 Å². The van der Waals surface area contributed by atoms with Crippen LogP contribution in [0.2, 0.25) is 0 Å². The van der Waals surface area contributed by atoms with E-state index in [1.807, 2.05) is 12.1 Å². The standard InChI is InChI=1S/C21H18BrNO/c1-21(2,3)14-9-7-13(8-10-14)18-12-11-16-15-5-4-6-17(22)19(15)24-20(16)23-18/h4-12H,1-3H3. The van der Waals surface area contributed by atoms with Crippen LogP contribution in [0.3, 0.4) is 0 Å². The molecule has 2 nitrogen and oxygen atoms in total. The summed E-state index contributed by atoms with van der Waals surface area (Å²) in [6, 6.07) is 18.8. The molecule has 120 valence electrons. The summed E-state index contributed by atoms with van der Waals surface area (Å²) in [5.74, 6) is 0. The van der Waals surface area contributed by atoms with Gasteiger partial charge in [-0.15, -0.1) is 0 Å². The molecule has 0 unspecified atom stereocenters. The van der Waals surface area contributed by atoms with E-state index in [9.17, 15) is 0 Å². The molecule has 0 saturated heterocycles. The molecule has 0 aliphatic carbocycles. The summed E-state index contributed by atoms with van der Waals surface area (Å²) in [6.45, 7) is 6.66. The molecule has 0 N–H and O–H groups in total. The number of halogens is 1. The molecule has 0 fully saturated rings. The van der Waals surface area contributed by atoms with Gasteiger partial charge >= 0.3 is 0 Å². The zero-order valence-corrected chi connectivity index (χ0v) is 15.5. The smallest absolute Gasteiger partial charge is 0.227 e. The van der Waals surface area contributed by atoms with Gasteiger partial charge in [-0.05, 0) is 45.1 Å². The highest BCUT2D eigenvalue weighted by Crippen LogP contribution is 2.34. The third kappa shape index (κ3) is 2.53. The lowest BCUT2D eigenvalue weighted by Gasteiger charge is -2.19. The number of hydrogen-bond donors (Lipinski definition) is 0. The van der Waals surface area contributed by atoms with Gasteiger partial charge in [-0.3, -0.25) is 0 Å². The minimum Gasteiger partial charge on any atom is -0.436 e. The Morgan fingerprint density at radius 2 is 1.62 bits per heavy atom. The molecule has 2 aromatic heterocycles. The summed E-state index contributed by atoms with van der Waals surface area (Å²) in [5.41, 5.74) is 5.03. The number of nitrogens with zero attached hydrogens (tertiary/aromatic N) is 1. The van der Waals surface area contributed by atoms with E-state index >= 15 is 0 Å². The zero-order valence-electron chi connectivity index (χ0n) is 13.9. The van der Waals surface area contributed by atoms with E-state index in [2.05, 4.69) is 79.2 Å². The average Bonchev–Trinajstić information content (AvgIpc) is 2.93. The van der Waals surface area contributed by atoms with Crippen molar-refractivity contribution in [1.29, 1.82) is 0 Å². The van der Waals surface area contributed by atoms with Crippen molar-refractivity contribution >= 4 is 38.0 Å². The quantitative estimate of drug-likeness (QED) is 0.367. The second kappa shape index (κ2) is 5.45. The number of para-hydroxylation sites is 1. The fourth-order valence-corrected chi connectivity index (χ4v) is 3.39. The van der Waals surface area contributed by atoms with Crippen LogP contribution in [0.4, 0.5) is 0 Å². The second-order valence-corrected chi connectivity index (χ2v) is 7.95. The van der Waals surface area contributed by atoms with Crippen molar-refractivity contribution in [2.75, 3.05) is 0 Å². The molecule has 0 radical (unpaired) electrons. The van der Waals surface area contributed by atoms with Crippen molar-refractivity contribution in [3.05, 3.63) is 64.6 Å². The largest absolute Gasteiger partial charge is 0.436 e. The van der Waals surface area contributed by atoms with E-state index in [1.165, 1.54) is 5.56 Å². The summed E-state index contributed by atoms with van der Waals surface area (Å²) in [7, 11) is 0. The third-order valence-corrected chi connectivity index (χ3v) is 4.99. The van der Waals surface area contributed by atoms with E-state index in [0.29, 0.717) is 5.71 Å². The second-order valence-electron chi connectivity index (χ2n) is 7.10. The van der Waals surface area contributed by atoms with Crippen LogP contribution in [0.25, 0.3) is 33.3 Å². The normalized spacial score (nSPS) is 12.2. The average molecular weight is 380 g/mol. The number of fused-ring (bicyclic) bond motifs is 3. The lowest BCUT2D eigenvalue weighted by Crippen LogP contribution is -2.10. The van der Waals surface area contributed by atoms with Crippen LogP contribution in [0.15, 0.2) is 63.5 Å². The minimum absolute atomic E-state index is 0.154. The monoisotopic (exact) mass is 379 g/mol. The van der Waals surface area contributed by atoms with Crippen LogP contribution >= 0.6 is 15.9 Å². The van der Waals surface area contributed by atoms with Gasteiger partial charge in [0.15, 0.2) is 5.58 Å². The summed E-state index contributed by atoms with van der Waals surface area (Å²) >= 11 is 3.54. The highest BCUT2D eigenvalue weighted by Gasteiger charge is 2.14. The Hall–Kier alpha value is -2.13. The van der Waals surface area contributed by atoms with E-state index in [4.69, 9.17) is 9.40 Å². The fraction of sp³-hybridized carbons (Fsp3) is 0.190. The molecule has 4 aromatic rings. The Morgan fingerprint density at radius 1 is 0.875 bits per heavy atom. The van der Waals surface area contributed by atoms with Crippen LogP contribution < -0.4 is 0 Å². The molecule has 24 heavy (non-hydrogen) atoms. The third-order valence-electron chi connectivity index (χ3n) is 4.36. The number of pyridine rings is 1. The molecule has 0 aliphatic heterocycles. The van der Waals surface area contributed by atoms with Crippen LogP contribution in [0, 0.1) is 0 Å². The van der Waals surface area contributed by atoms with Gasteiger partial charge < -0.3 is 4.42 Å². The summed E-state index contributed by atoms with van der Waals surface area (Å²) in [6.07, 6.45) is 0. The molecule has 2 heterocycles. The molecule has 0 spiro atoms. The number of aromatic nitrogens is 1. The first-order valence-electron chi connectivity index (χ1n) is 8.02. The number of hydrogen-bond acceptors (Lipinski definition) is 2. The van der Waals surface area contributed by atoms with Gasteiger partial charge in [-0.1, -0.05) is 57.2 Å². The SMILES string of the molecule is CC(C)(C)c1ccc(-c2ccc3c(n2)oc2c(Br)cccc23)cc1. The Kier molecular flexibility index (Phi) is 3.50. The van der Waals surface area contributed by atoms with Gasteiger partial charge in [-0.25, -0.2) is 4.98 Å². The molecule has 3 heteroatoms. The van der Waals surface area contributed by atoms with Gasteiger partial charge in [0, 0.05) is 16.3 Å². The summed E-state index contributed by atoms with van der Waals surface area (Å²) in [5, 5.41) is 2.13. The first-order chi connectivity index (χ1) is 11.4.